The molecule has 0 saturated heterocycles. The number of nitrogens with two attached hydrogens (primary N) is 1. The van der Waals surface area contributed by atoms with Gasteiger partial charge in [0.05, 0.1) is 5.69 Å². The Morgan fingerprint density at radius 2 is 2.00 bits per heavy atom. The fraction of sp³-hybridized carbons (Fsp3) is 0.200. The summed E-state index contributed by atoms with van der Waals surface area (Å²) >= 11 is 0. The minimum Gasteiger partial charge on any atom is -0.399 e. The van der Waals surface area contributed by atoms with Gasteiger partial charge in [-0.3, -0.25) is 4.79 Å². The molecule has 14 heavy (non-hydrogen) atoms. The van der Waals surface area contributed by atoms with Crippen LogP contribution in [-0.4, -0.2) is 12.1 Å². The first-order valence-corrected chi connectivity index (χ1v) is 4.48. The number of carbonyl (C=O) groups is 1. The fourth-order valence-corrected chi connectivity index (χ4v) is 1.32. The number of hydrogen-bond donors (Lipinski definition) is 1. The van der Waals surface area contributed by atoms with Crippen molar-refractivity contribution in [3.8, 4) is 0 Å². The quantitative estimate of drug-likeness (QED) is 0.678. The molecule has 2 N–H and O–H groups in total. The smallest absolute Gasteiger partial charge is 0.247 e. The lowest BCUT2D eigenvalue weighted by molar-refractivity contribution is -0.118. The molecule has 0 radical (unpaired) electrons. The Balaban J connectivity index is 2.29. The number of anilines is 2. The van der Waals surface area contributed by atoms with E-state index in [1.54, 1.807) is 30.5 Å². The van der Waals surface area contributed by atoms with E-state index in [1.165, 1.54) is 5.01 Å². The molecular weight excluding hydrogens is 178 g/mol. The molecule has 1 heterocycles. The van der Waals surface area contributed by atoms with Crippen LogP contribution in [0.1, 0.15) is 12.8 Å². The fourth-order valence-electron chi connectivity index (χ4n) is 1.32. The third-order valence-corrected chi connectivity index (χ3v) is 2.06. The summed E-state index contributed by atoms with van der Waals surface area (Å²) in [7, 11) is 0. The van der Waals surface area contributed by atoms with E-state index in [2.05, 4.69) is 5.10 Å². The van der Waals surface area contributed by atoms with Gasteiger partial charge in [0.1, 0.15) is 0 Å². The number of amides is 1. The molecule has 4 nitrogen and oxygen atoms in total. The molecule has 1 aromatic rings. The molecule has 0 bridgehead atoms. The number of carbonyl (C=O) groups excluding carboxylic acids is 1. The Morgan fingerprint density at radius 3 is 2.64 bits per heavy atom. The van der Waals surface area contributed by atoms with E-state index in [-0.39, 0.29) is 5.91 Å². The third kappa shape index (κ3) is 1.59. The van der Waals surface area contributed by atoms with Gasteiger partial charge in [-0.2, -0.15) is 5.10 Å². The summed E-state index contributed by atoms with van der Waals surface area (Å²) in [5.74, 6) is 0.0253. The molecule has 0 aromatic heterocycles. The first kappa shape index (κ1) is 8.74. The van der Waals surface area contributed by atoms with Gasteiger partial charge in [0.2, 0.25) is 5.91 Å². The number of hydrazone groups is 1. The van der Waals surface area contributed by atoms with Crippen LogP contribution in [0.2, 0.25) is 0 Å². The van der Waals surface area contributed by atoms with E-state index in [4.69, 9.17) is 5.73 Å². The van der Waals surface area contributed by atoms with Gasteiger partial charge >= 0.3 is 0 Å². The van der Waals surface area contributed by atoms with E-state index < -0.39 is 0 Å². The molecule has 1 aliphatic heterocycles. The molecule has 0 spiro atoms. The molecule has 4 heteroatoms. The molecule has 0 unspecified atom stereocenters. The number of nitrogens with zero attached hydrogens (tertiary/aromatic N) is 2. The maximum absolute atomic E-state index is 11.5. The van der Waals surface area contributed by atoms with Crippen LogP contribution in [0.15, 0.2) is 29.4 Å². The Labute approximate surface area is 82.0 Å². The zero-order valence-electron chi connectivity index (χ0n) is 7.68. The molecule has 1 aliphatic rings. The van der Waals surface area contributed by atoms with Gasteiger partial charge in [-0.1, -0.05) is 0 Å². The molecule has 0 atom stereocenters. The summed E-state index contributed by atoms with van der Waals surface area (Å²) in [5.41, 5.74) is 7.00. The van der Waals surface area contributed by atoms with E-state index in [1.807, 2.05) is 0 Å². The first-order chi connectivity index (χ1) is 6.77. The van der Waals surface area contributed by atoms with Crippen molar-refractivity contribution in [2.45, 2.75) is 12.8 Å². The zero-order valence-corrected chi connectivity index (χ0v) is 7.68. The summed E-state index contributed by atoms with van der Waals surface area (Å²) in [4.78, 5) is 11.5. The minimum absolute atomic E-state index is 0.0253. The summed E-state index contributed by atoms with van der Waals surface area (Å²) in [6, 6.07) is 7.09. The minimum atomic E-state index is 0.0253. The lowest BCUT2D eigenvalue weighted by Gasteiger charge is -2.19. The van der Waals surface area contributed by atoms with E-state index >= 15 is 0 Å². The predicted octanol–water partition coefficient (Wildman–Crippen LogP) is 1.38. The van der Waals surface area contributed by atoms with Crippen molar-refractivity contribution in [3.05, 3.63) is 24.3 Å². The van der Waals surface area contributed by atoms with E-state index in [0.29, 0.717) is 12.1 Å². The maximum atomic E-state index is 11.5. The summed E-state index contributed by atoms with van der Waals surface area (Å²) in [5, 5.41) is 5.43. The van der Waals surface area contributed by atoms with E-state index in [9.17, 15) is 4.79 Å². The zero-order chi connectivity index (χ0) is 9.97. The number of rotatable bonds is 1. The van der Waals surface area contributed by atoms with Crippen LogP contribution in [0.4, 0.5) is 11.4 Å². The number of nitrogen functional groups attached to an aromatic ring is 1. The van der Waals surface area contributed by atoms with Crippen LogP contribution in [0.25, 0.3) is 0 Å². The highest BCUT2D eigenvalue weighted by Crippen LogP contribution is 2.19. The monoisotopic (exact) mass is 189 g/mol. The van der Waals surface area contributed by atoms with Crippen LogP contribution in [0.5, 0.6) is 0 Å². The lowest BCUT2D eigenvalue weighted by atomic mass is 10.2. The van der Waals surface area contributed by atoms with Gasteiger partial charge in [0.25, 0.3) is 0 Å². The Hall–Kier alpha value is -1.84. The first-order valence-electron chi connectivity index (χ1n) is 4.48. The Morgan fingerprint density at radius 1 is 1.29 bits per heavy atom. The maximum Gasteiger partial charge on any atom is 0.247 e. The van der Waals surface area contributed by atoms with Crippen molar-refractivity contribution in [2.24, 2.45) is 5.10 Å². The standard InChI is InChI=1S/C10H11N3O/c11-8-3-5-9(6-4-8)13-10(14)2-1-7-12-13/h3-7H,1-2,11H2. The summed E-state index contributed by atoms with van der Waals surface area (Å²) in [6.07, 6.45) is 3.00. The number of benzene rings is 1. The highest BCUT2D eigenvalue weighted by Gasteiger charge is 2.16. The van der Waals surface area contributed by atoms with Crippen molar-refractivity contribution in [3.63, 3.8) is 0 Å². The molecule has 1 amide bonds. The van der Waals surface area contributed by atoms with Gasteiger partial charge in [0.15, 0.2) is 0 Å². The van der Waals surface area contributed by atoms with Crippen LogP contribution in [0, 0.1) is 0 Å². The van der Waals surface area contributed by atoms with Gasteiger partial charge in [0, 0.05) is 18.3 Å². The van der Waals surface area contributed by atoms with Crippen molar-refractivity contribution in [2.75, 3.05) is 10.7 Å². The second-order valence-electron chi connectivity index (χ2n) is 3.13. The van der Waals surface area contributed by atoms with Crippen molar-refractivity contribution >= 4 is 23.5 Å². The molecule has 72 valence electrons. The Kier molecular flexibility index (Phi) is 2.18. The third-order valence-electron chi connectivity index (χ3n) is 2.06. The van der Waals surface area contributed by atoms with Crippen LogP contribution in [0.3, 0.4) is 0 Å². The van der Waals surface area contributed by atoms with Crippen molar-refractivity contribution in [1.82, 2.24) is 0 Å². The molecule has 0 saturated carbocycles. The number of hydrogen-bond acceptors (Lipinski definition) is 3. The predicted molar refractivity (Wildman–Crippen MR) is 56.1 cm³/mol. The van der Waals surface area contributed by atoms with Crippen molar-refractivity contribution < 1.29 is 4.79 Å². The Bertz CT molecular complexity index is 369. The molecule has 0 fully saturated rings. The van der Waals surface area contributed by atoms with Crippen LogP contribution >= 0.6 is 0 Å². The average molecular weight is 189 g/mol. The highest BCUT2D eigenvalue weighted by atomic mass is 16.2. The molecular formula is C10H11N3O. The second kappa shape index (κ2) is 3.49. The lowest BCUT2D eigenvalue weighted by Crippen LogP contribution is -2.28. The summed E-state index contributed by atoms with van der Waals surface area (Å²) in [6.45, 7) is 0. The highest BCUT2D eigenvalue weighted by molar-refractivity contribution is 5.96. The van der Waals surface area contributed by atoms with Gasteiger partial charge < -0.3 is 5.73 Å². The molecule has 1 aromatic carbocycles. The second-order valence-corrected chi connectivity index (χ2v) is 3.13. The molecule has 0 aliphatic carbocycles. The molecule has 2 rings (SSSR count). The van der Waals surface area contributed by atoms with Crippen LogP contribution in [-0.2, 0) is 4.79 Å². The average Bonchev–Trinajstić information content (AvgIpc) is 2.20. The summed E-state index contributed by atoms with van der Waals surface area (Å²) < 4.78 is 0. The SMILES string of the molecule is Nc1ccc(N2N=CCCC2=O)cc1. The van der Waals surface area contributed by atoms with Crippen molar-refractivity contribution in [1.29, 1.82) is 0 Å². The topological polar surface area (TPSA) is 58.7 Å². The normalized spacial score (nSPS) is 16.0. The van der Waals surface area contributed by atoms with Crippen LogP contribution < -0.4 is 10.7 Å². The van der Waals surface area contributed by atoms with Gasteiger partial charge in [-0.25, -0.2) is 5.01 Å². The van der Waals surface area contributed by atoms with Gasteiger partial charge in [-0.15, -0.1) is 0 Å². The largest absolute Gasteiger partial charge is 0.399 e. The van der Waals surface area contributed by atoms with E-state index in [0.717, 1.165) is 12.1 Å². The van der Waals surface area contributed by atoms with Gasteiger partial charge in [-0.05, 0) is 30.7 Å².